The minimum Gasteiger partial charge on any atom is -0.345 e. The molecule has 2 N–H and O–H groups in total. The summed E-state index contributed by atoms with van der Waals surface area (Å²) in [5.41, 5.74) is 1.38. The van der Waals surface area contributed by atoms with Crippen molar-refractivity contribution < 1.29 is 0 Å². The topological polar surface area (TPSA) is 40.7 Å². The molecule has 1 aromatic rings. The summed E-state index contributed by atoms with van der Waals surface area (Å²) >= 11 is 0. The molecule has 15 heavy (non-hydrogen) atoms. The van der Waals surface area contributed by atoms with Gasteiger partial charge in [-0.25, -0.2) is 4.98 Å². The molecule has 1 aliphatic heterocycles. The van der Waals surface area contributed by atoms with E-state index in [1.54, 1.807) is 0 Å². The highest BCUT2D eigenvalue weighted by Crippen LogP contribution is 2.33. The minimum atomic E-state index is 0.625. The van der Waals surface area contributed by atoms with E-state index in [1.165, 1.54) is 43.6 Å². The Morgan fingerprint density at radius 3 is 2.73 bits per heavy atom. The zero-order chi connectivity index (χ0) is 10.1. The number of H-pyrrole nitrogens is 1. The van der Waals surface area contributed by atoms with E-state index >= 15 is 0 Å². The quantitative estimate of drug-likeness (QED) is 0.776. The molecule has 1 unspecified atom stereocenters. The predicted octanol–water partition coefficient (Wildman–Crippen LogP) is 2.14. The van der Waals surface area contributed by atoms with E-state index in [9.17, 15) is 0 Å². The molecule has 3 rings (SSSR count). The smallest absolute Gasteiger partial charge is 0.110 e. The second-order valence-electron chi connectivity index (χ2n) is 4.89. The van der Waals surface area contributed by atoms with Gasteiger partial charge in [0.15, 0.2) is 0 Å². The van der Waals surface area contributed by atoms with Gasteiger partial charge in [-0.15, -0.1) is 0 Å². The van der Waals surface area contributed by atoms with Gasteiger partial charge in [0, 0.05) is 30.3 Å². The van der Waals surface area contributed by atoms with E-state index < -0.39 is 0 Å². The van der Waals surface area contributed by atoms with Crippen molar-refractivity contribution in [2.75, 3.05) is 13.1 Å². The van der Waals surface area contributed by atoms with Gasteiger partial charge in [-0.2, -0.15) is 0 Å². The standard InChI is InChI=1S/C12H19N3/c1-2-4-9(3-1)11-8-14-12(15-11)10-5-6-13-7-10/h8-10,13H,1-7H2,(H,14,15). The molecule has 1 aliphatic carbocycles. The highest BCUT2D eigenvalue weighted by atomic mass is 15.0. The molecular formula is C12H19N3. The van der Waals surface area contributed by atoms with Crippen LogP contribution in [0.25, 0.3) is 0 Å². The Morgan fingerprint density at radius 1 is 1.13 bits per heavy atom. The first kappa shape index (κ1) is 9.40. The van der Waals surface area contributed by atoms with Crippen LogP contribution in [0, 0.1) is 0 Å². The monoisotopic (exact) mass is 205 g/mol. The first-order valence-corrected chi connectivity index (χ1v) is 6.19. The zero-order valence-corrected chi connectivity index (χ0v) is 9.13. The van der Waals surface area contributed by atoms with Crippen molar-refractivity contribution in [2.45, 2.75) is 43.9 Å². The molecular weight excluding hydrogens is 186 g/mol. The molecule has 0 bridgehead atoms. The van der Waals surface area contributed by atoms with Crippen LogP contribution in [0.1, 0.15) is 55.5 Å². The van der Waals surface area contributed by atoms with Crippen LogP contribution in [0.3, 0.4) is 0 Å². The second-order valence-corrected chi connectivity index (χ2v) is 4.89. The van der Waals surface area contributed by atoms with Gasteiger partial charge in [-0.3, -0.25) is 0 Å². The molecule has 2 heterocycles. The number of rotatable bonds is 2. The largest absolute Gasteiger partial charge is 0.345 e. The van der Waals surface area contributed by atoms with Crippen LogP contribution in [-0.4, -0.2) is 23.1 Å². The third-order valence-corrected chi connectivity index (χ3v) is 3.86. The maximum Gasteiger partial charge on any atom is 0.110 e. The van der Waals surface area contributed by atoms with Gasteiger partial charge in [-0.05, 0) is 25.8 Å². The Hall–Kier alpha value is -0.830. The lowest BCUT2D eigenvalue weighted by Gasteiger charge is -2.06. The molecule has 3 heteroatoms. The van der Waals surface area contributed by atoms with Crippen LogP contribution in [0.2, 0.25) is 0 Å². The van der Waals surface area contributed by atoms with E-state index in [-0.39, 0.29) is 0 Å². The van der Waals surface area contributed by atoms with Crippen LogP contribution >= 0.6 is 0 Å². The van der Waals surface area contributed by atoms with Crippen molar-refractivity contribution >= 4 is 0 Å². The molecule has 1 atom stereocenters. The average molecular weight is 205 g/mol. The Balaban J connectivity index is 1.74. The molecule has 2 aliphatic rings. The van der Waals surface area contributed by atoms with E-state index in [4.69, 9.17) is 0 Å². The number of hydrogen-bond acceptors (Lipinski definition) is 2. The first-order valence-electron chi connectivity index (χ1n) is 6.19. The Kier molecular flexibility index (Phi) is 2.49. The van der Waals surface area contributed by atoms with Crippen molar-refractivity contribution in [3.63, 3.8) is 0 Å². The van der Waals surface area contributed by atoms with Crippen molar-refractivity contribution in [2.24, 2.45) is 0 Å². The minimum absolute atomic E-state index is 0.625. The van der Waals surface area contributed by atoms with Crippen molar-refractivity contribution in [1.29, 1.82) is 0 Å². The highest BCUT2D eigenvalue weighted by molar-refractivity contribution is 5.12. The number of hydrogen-bond donors (Lipinski definition) is 2. The lowest BCUT2D eigenvalue weighted by atomic mass is 10.1. The van der Waals surface area contributed by atoms with Crippen molar-refractivity contribution in [1.82, 2.24) is 15.3 Å². The third kappa shape index (κ3) is 1.81. The van der Waals surface area contributed by atoms with E-state index in [0.717, 1.165) is 19.0 Å². The molecule has 2 fully saturated rings. The van der Waals surface area contributed by atoms with Crippen LogP contribution < -0.4 is 5.32 Å². The summed E-state index contributed by atoms with van der Waals surface area (Å²) in [5, 5.41) is 3.39. The maximum absolute atomic E-state index is 4.55. The van der Waals surface area contributed by atoms with Crippen LogP contribution in [0.15, 0.2) is 6.20 Å². The Labute approximate surface area is 90.7 Å². The number of imidazole rings is 1. The maximum atomic E-state index is 4.55. The average Bonchev–Trinajstić information content (AvgIpc) is 3.02. The number of nitrogens with one attached hydrogen (secondary N) is 2. The van der Waals surface area contributed by atoms with Gasteiger partial charge in [0.2, 0.25) is 0 Å². The number of aromatic nitrogens is 2. The van der Waals surface area contributed by atoms with Crippen molar-refractivity contribution in [3.8, 4) is 0 Å². The summed E-state index contributed by atoms with van der Waals surface area (Å²) in [6.07, 6.45) is 8.80. The third-order valence-electron chi connectivity index (χ3n) is 3.86. The van der Waals surface area contributed by atoms with Crippen LogP contribution in [0.4, 0.5) is 0 Å². The molecule has 3 nitrogen and oxygen atoms in total. The fraction of sp³-hybridized carbons (Fsp3) is 0.750. The summed E-state index contributed by atoms with van der Waals surface area (Å²) in [6, 6.07) is 0. The van der Waals surface area contributed by atoms with Gasteiger partial charge in [0.05, 0.1) is 0 Å². The van der Waals surface area contributed by atoms with Gasteiger partial charge in [-0.1, -0.05) is 12.8 Å². The molecule has 82 valence electrons. The molecule has 1 aromatic heterocycles. The fourth-order valence-electron chi connectivity index (χ4n) is 2.89. The normalized spacial score (nSPS) is 27.6. The molecule has 0 aromatic carbocycles. The van der Waals surface area contributed by atoms with E-state index in [2.05, 4.69) is 21.5 Å². The summed E-state index contributed by atoms with van der Waals surface area (Å²) in [4.78, 5) is 8.09. The Bertz CT molecular complexity index is 289. The summed E-state index contributed by atoms with van der Waals surface area (Å²) in [6.45, 7) is 2.24. The lowest BCUT2D eigenvalue weighted by Crippen LogP contribution is -2.08. The molecule has 0 spiro atoms. The van der Waals surface area contributed by atoms with Gasteiger partial charge in [0.1, 0.15) is 5.82 Å². The highest BCUT2D eigenvalue weighted by Gasteiger charge is 2.23. The zero-order valence-electron chi connectivity index (χ0n) is 9.13. The van der Waals surface area contributed by atoms with Crippen LogP contribution in [-0.2, 0) is 0 Å². The molecule has 0 radical (unpaired) electrons. The van der Waals surface area contributed by atoms with E-state index in [1.807, 2.05) is 0 Å². The van der Waals surface area contributed by atoms with Crippen molar-refractivity contribution in [3.05, 3.63) is 17.7 Å². The molecule has 1 saturated carbocycles. The van der Waals surface area contributed by atoms with Crippen LogP contribution in [0.5, 0.6) is 0 Å². The van der Waals surface area contributed by atoms with E-state index in [0.29, 0.717) is 5.92 Å². The van der Waals surface area contributed by atoms with Gasteiger partial charge < -0.3 is 10.3 Å². The number of aromatic amines is 1. The SMILES string of the molecule is c1nc(C2CCNC2)[nH]c1C1CCCC1. The fourth-order valence-corrected chi connectivity index (χ4v) is 2.89. The first-order chi connectivity index (χ1) is 7.43. The predicted molar refractivity (Wildman–Crippen MR) is 60.0 cm³/mol. The molecule has 1 saturated heterocycles. The summed E-state index contributed by atoms with van der Waals surface area (Å²) in [5.74, 6) is 2.60. The second kappa shape index (κ2) is 3.97. The lowest BCUT2D eigenvalue weighted by molar-refractivity contribution is 0.679. The summed E-state index contributed by atoms with van der Waals surface area (Å²) < 4.78 is 0. The molecule has 0 amide bonds. The van der Waals surface area contributed by atoms with Gasteiger partial charge in [0.25, 0.3) is 0 Å². The Morgan fingerprint density at radius 2 is 2.00 bits per heavy atom. The van der Waals surface area contributed by atoms with Gasteiger partial charge >= 0.3 is 0 Å². The number of nitrogens with zero attached hydrogens (tertiary/aromatic N) is 1. The summed E-state index contributed by atoms with van der Waals surface area (Å²) in [7, 11) is 0.